The third kappa shape index (κ3) is 3.99. The number of nitrogens with zero attached hydrogens (tertiary/aromatic N) is 3. The highest BCUT2D eigenvalue weighted by molar-refractivity contribution is 7.89. The van der Waals surface area contributed by atoms with E-state index in [4.69, 9.17) is 0 Å². The zero-order valence-electron chi connectivity index (χ0n) is 17.1. The molecule has 0 saturated carbocycles. The van der Waals surface area contributed by atoms with Crippen molar-refractivity contribution < 1.29 is 13.2 Å². The predicted molar refractivity (Wildman–Crippen MR) is 119 cm³/mol. The van der Waals surface area contributed by atoms with E-state index >= 15 is 0 Å². The van der Waals surface area contributed by atoms with Crippen LogP contribution in [0.25, 0.3) is 10.2 Å². The van der Waals surface area contributed by atoms with E-state index in [0.29, 0.717) is 30.7 Å². The molecular formula is C22H25N3O3S2. The Morgan fingerprint density at radius 2 is 1.90 bits per heavy atom. The van der Waals surface area contributed by atoms with Gasteiger partial charge in [0.15, 0.2) is 4.80 Å². The maximum Gasteiger partial charge on any atom is 0.252 e. The van der Waals surface area contributed by atoms with Gasteiger partial charge in [-0.05, 0) is 51.0 Å². The van der Waals surface area contributed by atoms with Gasteiger partial charge in [0, 0.05) is 19.6 Å². The average molecular weight is 444 g/mol. The zero-order chi connectivity index (χ0) is 21.3. The molecule has 1 aliphatic rings. The summed E-state index contributed by atoms with van der Waals surface area (Å²) in [5, 5.41) is 0. The van der Waals surface area contributed by atoms with Gasteiger partial charge >= 0.3 is 0 Å². The maximum atomic E-state index is 13.0. The number of sulfonamides is 1. The highest BCUT2D eigenvalue weighted by Gasteiger charge is 2.33. The molecule has 0 N–H and O–H groups in total. The van der Waals surface area contributed by atoms with E-state index in [1.54, 1.807) is 24.3 Å². The number of rotatable bonds is 4. The van der Waals surface area contributed by atoms with Crippen LogP contribution in [0.5, 0.6) is 0 Å². The van der Waals surface area contributed by atoms with Crippen LogP contribution in [0, 0.1) is 12.8 Å². The molecule has 1 unspecified atom stereocenters. The molecule has 0 radical (unpaired) electrons. The summed E-state index contributed by atoms with van der Waals surface area (Å²) >= 11 is 1.49. The summed E-state index contributed by atoms with van der Waals surface area (Å²) < 4.78 is 30.6. The van der Waals surface area contributed by atoms with Gasteiger partial charge in [-0.25, -0.2) is 8.42 Å². The number of para-hydroxylation sites is 1. The van der Waals surface area contributed by atoms with Crippen LogP contribution in [0.3, 0.4) is 0 Å². The Morgan fingerprint density at radius 3 is 2.63 bits per heavy atom. The van der Waals surface area contributed by atoms with Crippen LogP contribution in [0.1, 0.15) is 25.3 Å². The Morgan fingerprint density at radius 1 is 1.17 bits per heavy atom. The van der Waals surface area contributed by atoms with Gasteiger partial charge < -0.3 is 4.57 Å². The van der Waals surface area contributed by atoms with Crippen LogP contribution in [0.15, 0.2) is 58.4 Å². The largest absolute Gasteiger partial charge is 0.317 e. The molecule has 1 aliphatic heterocycles. The molecule has 1 amide bonds. The van der Waals surface area contributed by atoms with Gasteiger partial charge in [0.25, 0.3) is 5.91 Å². The first-order valence-corrected chi connectivity index (χ1v) is 12.4. The van der Waals surface area contributed by atoms with Crippen molar-refractivity contribution >= 4 is 37.5 Å². The van der Waals surface area contributed by atoms with Crippen molar-refractivity contribution in [3.8, 4) is 0 Å². The number of piperidine rings is 1. The molecule has 3 aromatic rings. The van der Waals surface area contributed by atoms with Crippen LogP contribution in [-0.2, 0) is 21.4 Å². The van der Waals surface area contributed by atoms with E-state index in [1.807, 2.05) is 42.7 Å². The quantitative estimate of drug-likeness (QED) is 0.619. The minimum Gasteiger partial charge on any atom is -0.317 e. The highest BCUT2D eigenvalue weighted by atomic mass is 32.2. The lowest BCUT2D eigenvalue weighted by atomic mass is 9.99. The summed E-state index contributed by atoms with van der Waals surface area (Å²) in [4.78, 5) is 18.3. The van der Waals surface area contributed by atoms with Gasteiger partial charge in [0.1, 0.15) is 0 Å². The molecule has 0 spiro atoms. The van der Waals surface area contributed by atoms with Crippen molar-refractivity contribution in [1.29, 1.82) is 0 Å². The van der Waals surface area contributed by atoms with Crippen LogP contribution in [0.4, 0.5) is 0 Å². The standard InChI is InChI=1S/C22H25N3O3S2/c1-3-25-19-8-4-5-9-20(19)29-22(25)23-21(26)17-7-6-14-24(15-17)30(27,28)18-12-10-16(2)11-13-18/h4-5,8-13,17H,3,6-7,14-15H2,1-2H3. The number of benzene rings is 2. The molecule has 4 rings (SSSR count). The second kappa shape index (κ2) is 8.45. The number of aryl methyl sites for hydroxylation is 2. The molecule has 2 heterocycles. The average Bonchev–Trinajstić information content (AvgIpc) is 3.11. The smallest absolute Gasteiger partial charge is 0.252 e. The van der Waals surface area contributed by atoms with Gasteiger partial charge in [-0.1, -0.05) is 41.2 Å². The topological polar surface area (TPSA) is 71.7 Å². The van der Waals surface area contributed by atoms with E-state index < -0.39 is 15.9 Å². The van der Waals surface area contributed by atoms with E-state index in [2.05, 4.69) is 4.99 Å². The molecule has 1 fully saturated rings. The Balaban J connectivity index is 1.60. The SMILES string of the molecule is CCn1c(=NC(=O)C2CCCN(S(=O)(=O)c3ccc(C)cc3)C2)sc2ccccc21. The number of carbonyl (C=O) groups excluding carboxylic acids is 1. The highest BCUT2D eigenvalue weighted by Crippen LogP contribution is 2.25. The fourth-order valence-electron chi connectivity index (χ4n) is 3.82. The molecule has 0 aliphatic carbocycles. The molecule has 158 valence electrons. The zero-order valence-corrected chi connectivity index (χ0v) is 18.7. The van der Waals surface area contributed by atoms with E-state index in [1.165, 1.54) is 15.6 Å². The lowest BCUT2D eigenvalue weighted by molar-refractivity contribution is -0.122. The normalized spacial score (nSPS) is 18.7. The minimum atomic E-state index is -3.61. The summed E-state index contributed by atoms with van der Waals surface area (Å²) in [7, 11) is -3.61. The fraction of sp³-hybridized carbons (Fsp3) is 0.364. The van der Waals surface area contributed by atoms with Gasteiger partial charge in [-0.3, -0.25) is 4.79 Å². The van der Waals surface area contributed by atoms with Crippen molar-refractivity contribution in [3.05, 3.63) is 58.9 Å². The number of hydrogen-bond donors (Lipinski definition) is 0. The van der Waals surface area contributed by atoms with E-state index in [0.717, 1.165) is 15.8 Å². The summed E-state index contributed by atoms with van der Waals surface area (Å²) in [5.74, 6) is -0.665. The van der Waals surface area contributed by atoms with Crippen LogP contribution in [-0.4, -0.2) is 36.3 Å². The Labute approximate surface area is 180 Å². The molecular weight excluding hydrogens is 418 g/mol. The summed E-state index contributed by atoms with van der Waals surface area (Å²) in [5.41, 5.74) is 2.07. The number of fused-ring (bicyclic) bond motifs is 1. The molecule has 0 bridgehead atoms. The van der Waals surface area contributed by atoms with Crippen molar-refractivity contribution in [2.45, 2.75) is 38.1 Å². The predicted octanol–water partition coefficient (Wildman–Crippen LogP) is 3.56. The Bertz CT molecular complexity index is 1240. The van der Waals surface area contributed by atoms with E-state index in [9.17, 15) is 13.2 Å². The second-order valence-corrected chi connectivity index (χ2v) is 10.5. The Kier molecular flexibility index (Phi) is 5.90. The van der Waals surface area contributed by atoms with Gasteiger partial charge in [-0.15, -0.1) is 0 Å². The third-order valence-electron chi connectivity index (χ3n) is 5.50. The number of hydrogen-bond acceptors (Lipinski definition) is 4. The fourth-order valence-corrected chi connectivity index (χ4v) is 6.44. The van der Waals surface area contributed by atoms with Crippen LogP contribution < -0.4 is 4.80 Å². The maximum absolute atomic E-state index is 13.0. The van der Waals surface area contributed by atoms with Crippen LogP contribution >= 0.6 is 11.3 Å². The molecule has 30 heavy (non-hydrogen) atoms. The minimum absolute atomic E-state index is 0.176. The molecule has 1 atom stereocenters. The number of amides is 1. The first-order valence-electron chi connectivity index (χ1n) is 10.1. The number of thiazole rings is 1. The molecule has 6 nitrogen and oxygen atoms in total. The van der Waals surface area contributed by atoms with E-state index in [-0.39, 0.29) is 17.3 Å². The van der Waals surface area contributed by atoms with Crippen LogP contribution in [0.2, 0.25) is 0 Å². The molecule has 1 saturated heterocycles. The summed E-state index contributed by atoms with van der Waals surface area (Å²) in [6.07, 6.45) is 1.30. The molecule has 1 aromatic heterocycles. The first kappa shape index (κ1) is 21.0. The summed E-state index contributed by atoms with van der Waals surface area (Å²) in [6, 6.07) is 14.8. The molecule has 2 aromatic carbocycles. The van der Waals surface area contributed by atoms with Crippen molar-refractivity contribution in [2.75, 3.05) is 13.1 Å². The van der Waals surface area contributed by atoms with Crippen molar-refractivity contribution in [3.63, 3.8) is 0 Å². The summed E-state index contributed by atoms with van der Waals surface area (Å²) in [6.45, 7) is 5.27. The van der Waals surface area contributed by atoms with Gasteiger partial charge in [-0.2, -0.15) is 9.30 Å². The second-order valence-electron chi connectivity index (χ2n) is 7.56. The third-order valence-corrected chi connectivity index (χ3v) is 8.44. The monoisotopic (exact) mass is 443 g/mol. The Hall–Kier alpha value is -2.29. The van der Waals surface area contributed by atoms with Crippen molar-refractivity contribution in [1.82, 2.24) is 8.87 Å². The lowest BCUT2D eigenvalue weighted by Gasteiger charge is -2.30. The number of aromatic nitrogens is 1. The molecule has 8 heteroatoms. The van der Waals surface area contributed by atoms with Gasteiger partial charge in [0.2, 0.25) is 10.0 Å². The lowest BCUT2D eigenvalue weighted by Crippen LogP contribution is -2.42. The number of carbonyl (C=O) groups is 1. The van der Waals surface area contributed by atoms with Gasteiger partial charge in [0.05, 0.1) is 21.0 Å². The van der Waals surface area contributed by atoms with Crippen molar-refractivity contribution in [2.24, 2.45) is 10.9 Å². The first-order chi connectivity index (χ1) is 14.4.